The third kappa shape index (κ3) is 3.96. The Morgan fingerprint density at radius 1 is 1.39 bits per heavy atom. The molecule has 1 aromatic carbocycles. The summed E-state index contributed by atoms with van der Waals surface area (Å²) in [5.41, 5.74) is 0.00783. The quantitative estimate of drug-likeness (QED) is 0.429. The number of rotatable bonds is 5. The van der Waals surface area contributed by atoms with Gasteiger partial charge in [0.15, 0.2) is 0 Å². The number of hydrogen-bond acceptors (Lipinski definition) is 7. The lowest BCUT2D eigenvalue weighted by Crippen LogP contribution is -2.31. The number of hydrogen-bond donors (Lipinski definition) is 0. The Morgan fingerprint density at radius 3 is 2.52 bits per heavy atom. The molecule has 0 N–H and O–H groups in total. The minimum atomic E-state index is -3.77. The largest absolute Gasteiger partial charge is 0.461 e. The second-order valence-corrected chi connectivity index (χ2v) is 6.44. The molecule has 10 heteroatoms. The minimum Gasteiger partial charge on any atom is -0.461 e. The molecule has 0 spiro atoms. The van der Waals surface area contributed by atoms with E-state index in [1.54, 1.807) is 0 Å². The summed E-state index contributed by atoms with van der Waals surface area (Å²) in [6.07, 6.45) is -0.240. The molecule has 0 radical (unpaired) electrons. The van der Waals surface area contributed by atoms with Crippen LogP contribution in [0, 0.1) is 11.0 Å². The molecule has 0 bridgehead atoms. The predicted molar refractivity (Wildman–Crippen MR) is 75.5 cm³/mol. The van der Waals surface area contributed by atoms with Gasteiger partial charge in [-0.15, -0.1) is 0 Å². The van der Waals surface area contributed by atoms with Crippen LogP contribution in [-0.4, -0.2) is 51.1 Å². The fourth-order valence-corrected chi connectivity index (χ4v) is 2.58. The van der Waals surface area contributed by atoms with Crippen molar-refractivity contribution in [1.29, 1.82) is 0 Å². The molecular weight excluding hydrogens is 333 g/mol. The zero-order valence-corrected chi connectivity index (χ0v) is 13.1. The maximum Gasteiger partial charge on any atom is 0.405 e. The van der Waals surface area contributed by atoms with Gasteiger partial charge in [-0.05, 0) is 17.7 Å². The van der Waals surface area contributed by atoms with Gasteiger partial charge >= 0.3 is 11.7 Å². The average Bonchev–Trinajstić information content (AvgIpc) is 2.81. The number of halogens is 1. The molecule has 0 aromatic heterocycles. The third-order valence-electron chi connectivity index (χ3n) is 3.16. The second-order valence-electron chi connectivity index (χ2n) is 4.80. The summed E-state index contributed by atoms with van der Waals surface area (Å²) in [6, 6.07) is 5.01. The van der Waals surface area contributed by atoms with Crippen molar-refractivity contribution < 1.29 is 36.3 Å². The fourth-order valence-electron chi connectivity index (χ4n) is 2.20. The molecule has 0 saturated carbocycles. The van der Waals surface area contributed by atoms with Gasteiger partial charge in [0.25, 0.3) is 10.1 Å². The van der Waals surface area contributed by atoms with Gasteiger partial charge < -0.3 is 9.57 Å². The van der Waals surface area contributed by atoms with Crippen LogP contribution in [0.3, 0.4) is 0 Å². The van der Waals surface area contributed by atoms with Crippen molar-refractivity contribution >= 4 is 21.8 Å². The van der Waals surface area contributed by atoms with Crippen LogP contribution in [0.4, 0.5) is 4.39 Å². The smallest absolute Gasteiger partial charge is 0.405 e. The minimum absolute atomic E-state index is 0.0316. The van der Waals surface area contributed by atoms with E-state index in [-0.39, 0.29) is 10.6 Å². The maximum absolute atomic E-state index is 13.1. The molecule has 0 unspecified atom stereocenters. The van der Waals surface area contributed by atoms with Crippen molar-refractivity contribution in [3.05, 3.63) is 40.9 Å². The van der Waals surface area contributed by atoms with Crippen LogP contribution in [0.15, 0.2) is 24.3 Å². The molecule has 2 rings (SSSR count). The summed E-state index contributed by atoms with van der Waals surface area (Å²) in [7, 11) is -2.68. The van der Waals surface area contributed by atoms with Crippen LogP contribution >= 0.6 is 0 Å². The summed E-state index contributed by atoms with van der Waals surface area (Å²) in [6.45, 7) is -0.486. The lowest BCUT2D eigenvalue weighted by molar-refractivity contribution is -0.740. The Hall–Kier alpha value is -2.20. The van der Waals surface area contributed by atoms with E-state index in [0.29, 0.717) is 5.56 Å². The molecule has 8 nitrogen and oxygen atoms in total. The number of nitrogens with zero attached hydrogens (tertiary/aromatic N) is 1. The van der Waals surface area contributed by atoms with Gasteiger partial charge in [0.2, 0.25) is 0 Å². The van der Waals surface area contributed by atoms with E-state index in [0.717, 1.165) is 25.5 Å². The average molecular weight is 347 g/mol. The molecule has 1 aliphatic heterocycles. The molecule has 1 aromatic rings. The number of ether oxygens (including phenoxy) is 1. The predicted octanol–water partition coefficient (Wildman–Crippen LogP) is 0.324. The molecule has 0 fully saturated rings. The van der Waals surface area contributed by atoms with Gasteiger partial charge in [-0.1, -0.05) is 12.1 Å². The number of esters is 1. The van der Waals surface area contributed by atoms with Crippen LogP contribution < -0.4 is 0 Å². The number of benzene rings is 1. The molecule has 0 saturated heterocycles. The van der Waals surface area contributed by atoms with Crippen molar-refractivity contribution in [2.75, 3.05) is 20.0 Å². The molecule has 126 valence electrons. The Bertz CT molecular complexity index is 729. The molecule has 0 amide bonds. The molecule has 23 heavy (non-hydrogen) atoms. The van der Waals surface area contributed by atoms with Gasteiger partial charge in [-0.25, -0.2) is 9.18 Å². The summed E-state index contributed by atoms with van der Waals surface area (Å²) >= 11 is 0. The van der Waals surface area contributed by atoms with Gasteiger partial charge in [0.05, 0.1) is 20.0 Å². The Labute approximate surface area is 131 Å². The van der Waals surface area contributed by atoms with Crippen molar-refractivity contribution in [2.45, 2.75) is 12.0 Å². The standard InChI is InChI=1S/C13H14FNO7S/c1-20-13(16)12-11(8-3-5-9(14)6-4-8)10(22-15(12)17)7-21-23(2,18)19/h3-6,10-11H,7H2,1-2H3/t10-,11-/m0/s1. The summed E-state index contributed by atoms with van der Waals surface area (Å²) in [5.74, 6) is -2.39. The Kier molecular flexibility index (Phi) is 4.85. The molecule has 2 atom stereocenters. The Morgan fingerprint density at radius 2 is 2.00 bits per heavy atom. The van der Waals surface area contributed by atoms with Crippen LogP contribution in [0.2, 0.25) is 0 Å². The lowest BCUT2D eigenvalue weighted by Gasteiger charge is -2.18. The zero-order valence-electron chi connectivity index (χ0n) is 12.3. The summed E-state index contributed by atoms with van der Waals surface area (Å²) in [4.78, 5) is 16.7. The van der Waals surface area contributed by atoms with Gasteiger partial charge in [0.1, 0.15) is 17.8 Å². The summed E-state index contributed by atoms with van der Waals surface area (Å²) in [5, 5.41) is 11.8. The van der Waals surface area contributed by atoms with E-state index in [4.69, 9.17) is 4.84 Å². The monoisotopic (exact) mass is 347 g/mol. The highest BCUT2D eigenvalue weighted by Crippen LogP contribution is 2.30. The van der Waals surface area contributed by atoms with E-state index in [9.17, 15) is 22.8 Å². The molecule has 0 aliphatic carbocycles. The number of carbonyl (C=O) groups is 1. The summed E-state index contributed by atoms with van der Waals surface area (Å²) < 4.78 is 44.5. The highest BCUT2D eigenvalue weighted by atomic mass is 32.2. The van der Waals surface area contributed by atoms with Crippen LogP contribution in [0.5, 0.6) is 0 Å². The fraction of sp³-hybridized carbons (Fsp3) is 0.385. The van der Waals surface area contributed by atoms with Gasteiger partial charge in [-0.2, -0.15) is 8.42 Å². The van der Waals surface area contributed by atoms with Crippen LogP contribution in [-0.2, 0) is 28.7 Å². The van der Waals surface area contributed by atoms with Crippen molar-refractivity contribution in [2.24, 2.45) is 0 Å². The maximum atomic E-state index is 13.1. The second kappa shape index (κ2) is 6.50. The van der Waals surface area contributed by atoms with E-state index < -0.39 is 40.5 Å². The number of carbonyl (C=O) groups excluding carboxylic acids is 1. The first kappa shape index (κ1) is 17.2. The van der Waals surface area contributed by atoms with Gasteiger partial charge in [0, 0.05) is 4.90 Å². The lowest BCUT2D eigenvalue weighted by atomic mass is 9.89. The van der Waals surface area contributed by atoms with Gasteiger partial charge in [-0.3, -0.25) is 9.39 Å². The van der Waals surface area contributed by atoms with E-state index in [1.165, 1.54) is 12.1 Å². The molecule has 1 aliphatic rings. The number of methoxy groups -OCH3 is 1. The SMILES string of the molecule is COC(=O)C1=[N+]([O-])O[C@@H](COS(C)(=O)=O)[C@@H]1c1ccc(F)cc1. The third-order valence-corrected chi connectivity index (χ3v) is 3.73. The van der Waals surface area contributed by atoms with Crippen molar-refractivity contribution in [1.82, 2.24) is 0 Å². The van der Waals surface area contributed by atoms with E-state index in [2.05, 4.69) is 8.92 Å². The normalized spacial score (nSPS) is 21.2. The molecular formula is C13H14FNO7S. The van der Waals surface area contributed by atoms with E-state index in [1.807, 2.05) is 0 Å². The van der Waals surface area contributed by atoms with E-state index >= 15 is 0 Å². The first-order chi connectivity index (χ1) is 10.7. The highest BCUT2D eigenvalue weighted by molar-refractivity contribution is 7.85. The first-order valence-electron chi connectivity index (χ1n) is 6.42. The first-order valence-corrected chi connectivity index (χ1v) is 8.23. The van der Waals surface area contributed by atoms with Crippen molar-refractivity contribution in [3.8, 4) is 0 Å². The van der Waals surface area contributed by atoms with Crippen LogP contribution in [0.25, 0.3) is 0 Å². The highest BCUT2D eigenvalue weighted by Gasteiger charge is 2.46. The van der Waals surface area contributed by atoms with Crippen LogP contribution in [0.1, 0.15) is 11.5 Å². The van der Waals surface area contributed by atoms with Crippen molar-refractivity contribution in [3.63, 3.8) is 0 Å². The Balaban J connectivity index is 2.37. The topological polar surface area (TPSA) is 105 Å². The molecule has 1 heterocycles. The zero-order chi connectivity index (χ0) is 17.2.